The Morgan fingerprint density at radius 1 is 1.21 bits per heavy atom. The SMILES string of the molecule is C=C(C)Cc1cc(CCN2CCCCC2)ccc1C. The standard InChI is InChI=1S/C18H27N/c1-15(2)13-18-14-17(8-7-16(18)3)9-12-19-10-5-4-6-11-19/h7-8,14H,1,4-6,9-13H2,2-3H3. The summed E-state index contributed by atoms with van der Waals surface area (Å²) in [6.45, 7) is 12.2. The minimum absolute atomic E-state index is 1.02. The van der Waals surface area contributed by atoms with Crippen LogP contribution in [-0.4, -0.2) is 24.5 Å². The Kier molecular flexibility index (Phi) is 5.21. The number of likely N-dealkylation sites (tertiary alicyclic amines) is 1. The number of hydrogen-bond donors (Lipinski definition) is 0. The smallest absolute Gasteiger partial charge is 0.00218 e. The summed E-state index contributed by atoms with van der Waals surface area (Å²) in [6.07, 6.45) is 6.39. The van der Waals surface area contributed by atoms with Gasteiger partial charge in [-0.1, -0.05) is 36.8 Å². The van der Waals surface area contributed by atoms with Crippen molar-refractivity contribution in [3.63, 3.8) is 0 Å². The molecular formula is C18H27N. The van der Waals surface area contributed by atoms with Gasteiger partial charge in [-0.15, -0.1) is 0 Å². The lowest BCUT2D eigenvalue weighted by molar-refractivity contribution is 0.231. The minimum Gasteiger partial charge on any atom is -0.303 e. The summed E-state index contributed by atoms with van der Waals surface area (Å²) in [7, 11) is 0. The number of allylic oxidation sites excluding steroid dienone is 1. The van der Waals surface area contributed by atoms with E-state index in [0.29, 0.717) is 0 Å². The van der Waals surface area contributed by atoms with E-state index in [4.69, 9.17) is 0 Å². The van der Waals surface area contributed by atoms with E-state index in [9.17, 15) is 0 Å². The second-order valence-electron chi connectivity index (χ2n) is 6.05. The van der Waals surface area contributed by atoms with Crippen molar-refractivity contribution in [2.24, 2.45) is 0 Å². The van der Waals surface area contributed by atoms with Crippen LogP contribution < -0.4 is 0 Å². The maximum absolute atomic E-state index is 4.03. The van der Waals surface area contributed by atoms with Crippen molar-refractivity contribution in [3.05, 3.63) is 47.0 Å². The number of rotatable bonds is 5. The van der Waals surface area contributed by atoms with Gasteiger partial charge in [0, 0.05) is 6.54 Å². The van der Waals surface area contributed by atoms with E-state index in [1.165, 1.54) is 67.6 Å². The molecule has 1 aliphatic rings. The van der Waals surface area contributed by atoms with Crippen LogP contribution in [0.2, 0.25) is 0 Å². The van der Waals surface area contributed by atoms with E-state index in [1.54, 1.807) is 0 Å². The molecule has 1 saturated heterocycles. The summed E-state index contributed by atoms with van der Waals surface area (Å²) in [5.74, 6) is 0. The molecule has 1 nitrogen and oxygen atoms in total. The van der Waals surface area contributed by atoms with Crippen molar-refractivity contribution in [1.82, 2.24) is 4.90 Å². The Balaban J connectivity index is 1.94. The van der Waals surface area contributed by atoms with Crippen molar-refractivity contribution in [2.75, 3.05) is 19.6 Å². The van der Waals surface area contributed by atoms with Crippen LogP contribution in [0.25, 0.3) is 0 Å². The molecule has 104 valence electrons. The maximum Gasteiger partial charge on any atom is 0.00218 e. The summed E-state index contributed by atoms with van der Waals surface area (Å²) in [4.78, 5) is 2.61. The first-order valence-corrected chi connectivity index (χ1v) is 7.60. The molecule has 1 heterocycles. The van der Waals surface area contributed by atoms with Crippen molar-refractivity contribution < 1.29 is 0 Å². The highest BCUT2D eigenvalue weighted by Crippen LogP contribution is 2.16. The van der Waals surface area contributed by atoms with Gasteiger partial charge in [0.15, 0.2) is 0 Å². The van der Waals surface area contributed by atoms with Gasteiger partial charge in [-0.3, -0.25) is 0 Å². The molecule has 0 radical (unpaired) electrons. The van der Waals surface area contributed by atoms with Gasteiger partial charge in [0.25, 0.3) is 0 Å². The lowest BCUT2D eigenvalue weighted by Gasteiger charge is -2.26. The summed E-state index contributed by atoms with van der Waals surface area (Å²) in [5.41, 5.74) is 5.57. The third kappa shape index (κ3) is 4.50. The molecule has 0 saturated carbocycles. The number of nitrogens with zero attached hydrogens (tertiary/aromatic N) is 1. The van der Waals surface area contributed by atoms with Gasteiger partial charge in [0.05, 0.1) is 0 Å². The third-order valence-corrected chi connectivity index (χ3v) is 4.07. The first-order valence-electron chi connectivity index (χ1n) is 7.60. The van der Waals surface area contributed by atoms with Crippen molar-refractivity contribution in [1.29, 1.82) is 0 Å². The molecule has 0 aliphatic carbocycles. The van der Waals surface area contributed by atoms with Crippen LogP contribution >= 0.6 is 0 Å². The van der Waals surface area contributed by atoms with Gasteiger partial charge >= 0.3 is 0 Å². The number of piperidine rings is 1. The molecule has 0 amide bonds. The molecule has 2 rings (SSSR count). The normalized spacial score (nSPS) is 16.5. The molecule has 0 N–H and O–H groups in total. The lowest BCUT2D eigenvalue weighted by atomic mass is 9.98. The predicted molar refractivity (Wildman–Crippen MR) is 83.7 cm³/mol. The monoisotopic (exact) mass is 257 g/mol. The molecule has 19 heavy (non-hydrogen) atoms. The molecule has 0 spiro atoms. The van der Waals surface area contributed by atoms with E-state index < -0.39 is 0 Å². The zero-order valence-corrected chi connectivity index (χ0v) is 12.5. The quantitative estimate of drug-likeness (QED) is 0.717. The average Bonchev–Trinajstić information content (AvgIpc) is 2.40. The first kappa shape index (κ1) is 14.3. The van der Waals surface area contributed by atoms with E-state index in [1.807, 2.05) is 0 Å². The zero-order chi connectivity index (χ0) is 13.7. The summed E-state index contributed by atoms with van der Waals surface area (Å²) >= 11 is 0. The van der Waals surface area contributed by atoms with Gasteiger partial charge in [-0.05, 0) is 69.3 Å². The summed E-state index contributed by atoms with van der Waals surface area (Å²) in [6, 6.07) is 6.94. The largest absolute Gasteiger partial charge is 0.303 e. The number of hydrogen-bond acceptors (Lipinski definition) is 1. The van der Waals surface area contributed by atoms with Crippen LogP contribution in [0.4, 0.5) is 0 Å². The molecule has 0 atom stereocenters. The molecule has 1 aromatic carbocycles. The zero-order valence-electron chi connectivity index (χ0n) is 12.5. The highest BCUT2D eigenvalue weighted by molar-refractivity contribution is 5.33. The number of benzene rings is 1. The second-order valence-corrected chi connectivity index (χ2v) is 6.05. The van der Waals surface area contributed by atoms with E-state index >= 15 is 0 Å². The van der Waals surface area contributed by atoms with Gasteiger partial charge in [-0.25, -0.2) is 0 Å². The predicted octanol–water partition coefficient (Wildman–Crippen LogP) is 4.14. The third-order valence-electron chi connectivity index (χ3n) is 4.07. The van der Waals surface area contributed by atoms with Gasteiger partial charge in [-0.2, -0.15) is 0 Å². The average molecular weight is 257 g/mol. The topological polar surface area (TPSA) is 3.24 Å². The summed E-state index contributed by atoms with van der Waals surface area (Å²) < 4.78 is 0. The van der Waals surface area contributed by atoms with Crippen LogP contribution in [0.15, 0.2) is 30.4 Å². The van der Waals surface area contributed by atoms with E-state index in [2.05, 4.69) is 43.5 Å². The van der Waals surface area contributed by atoms with E-state index in [0.717, 1.165) is 6.42 Å². The molecule has 1 fully saturated rings. The Bertz CT molecular complexity index is 427. The Labute approximate surface area is 118 Å². The van der Waals surface area contributed by atoms with Gasteiger partial charge < -0.3 is 4.90 Å². The molecule has 1 heteroatoms. The van der Waals surface area contributed by atoms with Crippen LogP contribution in [0, 0.1) is 6.92 Å². The molecule has 0 aromatic heterocycles. The molecule has 0 unspecified atom stereocenters. The Morgan fingerprint density at radius 3 is 2.63 bits per heavy atom. The maximum atomic E-state index is 4.03. The molecule has 1 aliphatic heterocycles. The summed E-state index contributed by atoms with van der Waals surface area (Å²) in [5, 5.41) is 0. The fraction of sp³-hybridized carbons (Fsp3) is 0.556. The van der Waals surface area contributed by atoms with Crippen LogP contribution in [0.1, 0.15) is 42.9 Å². The highest BCUT2D eigenvalue weighted by atomic mass is 15.1. The van der Waals surface area contributed by atoms with Crippen LogP contribution in [0.5, 0.6) is 0 Å². The second kappa shape index (κ2) is 6.91. The van der Waals surface area contributed by atoms with Crippen LogP contribution in [0.3, 0.4) is 0 Å². The minimum atomic E-state index is 1.02. The van der Waals surface area contributed by atoms with Crippen molar-refractivity contribution >= 4 is 0 Å². The van der Waals surface area contributed by atoms with Gasteiger partial charge in [0.1, 0.15) is 0 Å². The molecule has 0 bridgehead atoms. The first-order chi connectivity index (χ1) is 9.15. The molecular weight excluding hydrogens is 230 g/mol. The fourth-order valence-electron chi connectivity index (χ4n) is 2.87. The fourth-order valence-corrected chi connectivity index (χ4v) is 2.87. The lowest BCUT2D eigenvalue weighted by Crippen LogP contribution is -2.31. The number of aryl methyl sites for hydroxylation is 1. The highest BCUT2D eigenvalue weighted by Gasteiger charge is 2.10. The van der Waals surface area contributed by atoms with Crippen molar-refractivity contribution in [3.8, 4) is 0 Å². The molecule has 1 aromatic rings. The Morgan fingerprint density at radius 2 is 1.95 bits per heavy atom. The Hall–Kier alpha value is -1.08. The van der Waals surface area contributed by atoms with E-state index in [-0.39, 0.29) is 0 Å². The van der Waals surface area contributed by atoms with Crippen LogP contribution in [-0.2, 0) is 12.8 Å². The van der Waals surface area contributed by atoms with Crippen molar-refractivity contribution in [2.45, 2.75) is 46.0 Å². The van der Waals surface area contributed by atoms with Gasteiger partial charge in [0.2, 0.25) is 0 Å².